The first-order chi connectivity index (χ1) is 11.2. The zero-order chi connectivity index (χ0) is 16.5. The Morgan fingerprint density at radius 1 is 1.00 bits per heavy atom. The number of hydrogen-bond acceptors (Lipinski definition) is 1. The van der Waals surface area contributed by atoms with Gasteiger partial charge < -0.3 is 0 Å². The van der Waals surface area contributed by atoms with E-state index in [4.69, 9.17) is 11.6 Å². The van der Waals surface area contributed by atoms with Gasteiger partial charge >= 0.3 is 0 Å². The van der Waals surface area contributed by atoms with Crippen molar-refractivity contribution in [3.05, 3.63) is 35.9 Å². The summed E-state index contributed by atoms with van der Waals surface area (Å²) in [5.41, 5.74) is 1.41. The van der Waals surface area contributed by atoms with Gasteiger partial charge in [0.15, 0.2) is 0 Å². The molecule has 0 aromatic heterocycles. The Bertz CT molecular complexity index is 419. The average molecular weight is 336 g/mol. The Morgan fingerprint density at radius 3 is 2.35 bits per heavy atom. The fourth-order valence-electron chi connectivity index (χ4n) is 3.90. The van der Waals surface area contributed by atoms with Gasteiger partial charge in [-0.1, -0.05) is 82.2 Å². The van der Waals surface area contributed by atoms with Crippen molar-refractivity contribution in [1.82, 2.24) is 4.90 Å². The molecule has 0 N–H and O–H groups in total. The Kier molecular flexibility index (Phi) is 8.47. The predicted molar refractivity (Wildman–Crippen MR) is 102 cm³/mol. The van der Waals surface area contributed by atoms with Crippen molar-refractivity contribution in [2.24, 2.45) is 0 Å². The van der Waals surface area contributed by atoms with Crippen molar-refractivity contribution in [3.8, 4) is 0 Å². The van der Waals surface area contributed by atoms with Crippen LogP contribution in [0.5, 0.6) is 0 Å². The largest absolute Gasteiger partial charge is 0.299 e. The third-order valence-electron chi connectivity index (χ3n) is 5.44. The average Bonchev–Trinajstić information content (AvgIpc) is 2.83. The third kappa shape index (κ3) is 6.12. The monoisotopic (exact) mass is 335 g/mol. The van der Waals surface area contributed by atoms with E-state index in [0.29, 0.717) is 17.5 Å². The molecule has 0 radical (unpaired) electrons. The molecule has 23 heavy (non-hydrogen) atoms. The second-order valence-corrected chi connectivity index (χ2v) is 7.80. The highest BCUT2D eigenvalue weighted by Gasteiger charge is 2.37. The minimum absolute atomic E-state index is 0.301. The summed E-state index contributed by atoms with van der Waals surface area (Å²) in [5.74, 6) is 0. The zero-order valence-corrected chi connectivity index (χ0v) is 15.8. The molecular formula is C21H34ClN. The summed E-state index contributed by atoms with van der Waals surface area (Å²) >= 11 is 6.67. The standard InChI is InChI=1S/C21H34ClN/c1-3-4-5-6-7-8-12-15-19-17-20(22)21(23(19)2)16-18-13-10-9-11-14-18/h9-11,13-14,19-21H,3-8,12,15-17H2,1-2H3. The second-order valence-electron chi connectivity index (χ2n) is 7.24. The molecule has 1 fully saturated rings. The first kappa shape index (κ1) is 18.8. The fourth-order valence-corrected chi connectivity index (χ4v) is 4.37. The highest BCUT2D eigenvalue weighted by atomic mass is 35.5. The summed E-state index contributed by atoms with van der Waals surface area (Å²) in [6.07, 6.45) is 13.3. The zero-order valence-electron chi connectivity index (χ0n) is 15.0. The summed E-state index contributed by atoms with van der Waals surface area (Å²) in [6.45, 7) is 2.28. The normalized spacial score (nSPS) is 25.1. The van der Waals surface area contributed by atoms with Crippen molar-refractivity contribution in [1.29, 1.82) is 0 Å². The lowest BCUT2D eigenvalue weighted by atomic mass is 10.0. The van der Waals surface area contributed by atoms with E-state index in [0.717, 1.165) is 12.8 Å². The highest BCUT2D eigenvalue weighted by Crippen LogP contribution is 2.32. The molecule has 0 saturated carbocycles. The molecular weight excluding hydrogens is 302 g/mol. The van der Waals surface area contributed by atoms with Crippen molar-refractivity contribution >= 4 is 11.6 Å². The molecule has 3 unspecified atom stereocenters. The molecule has 0 aliphatic carbocycles. The van der Waals surface area contributed by atoms with Crippen LogP contribution in [0.2, 0.25) is 0 Å². The maximum atomic E-state index is 6.67. The SMILES string of the molecule is CCCCCCCCCC1CC(Cl)C(Cc2ccccc2)N1C. The van der Waals surface area contributed by atoms with Crippen LogP contribution in [-0.4, -0.2) is 29.4 Å². The van der Waals surface area contributed by atoms with E-state index in [-0.39, 0.29) is 0 Å². The Balaban J connectivity index is 1.69. The number of nitrogens with zero attached hydrogens (tertiary/aromatic N) is 1. The van der Waals surface area contributed by atoms with Gasteiger partial charge in [-0.15, -0.1) is 11.6 Å². The number of halogens is 1. The van der Waals surface area contributed by atoms with Gasteiger partial charge in [-0.25, -0.2) is 0 Å². The van der Waals surface area contributed by atoms with E-state index in [1.54, 1.807) is 0 Å². The summed E-state index contributed by atoms with van der Waals surface area (Å²) in [5, 5.41) is 0.301. The van der Waals surface area contributed by atoms with Gasteiger partial charge in [0.25, 0.3) is 0 Å². The third-order valence-corrected chi connectivity index (χ3v) is 5.91. The van der Waals surface area contributed by atoms with E-state index in [1.807, 2.05) is 0 Å². The molecule has 3 atom stereocenters. The maximum Gasteiger partial charge on any atom is 0.0509 e. The van der Waals surface area contributed by atoms with Crippen LogP contribution < -0.4 is 0 Å². The van der Waals surface area contributed by atoms with Gasteiger partial charge in [0, 0.05) is 12.1 Å². The first-order valence-corrected chi connectivity index (χ1v) is 10.1. The molecule has 1 aromatic carbocycles. The van der Waals surface area contributed by atoms with Crippen molar-refractivity contribution < 1.29 is 0 Å². The fraction of sp³-hybridized carbons (Fsp3) is 0.714. The minimum Gasteiger partial charge on any atom is -0.299 e. The summed E-state index contributed by atoms with van der Waals surface area (Å²) in [7, 11) is 2.28. The van der Waals surface area contributed by atoms with Gasteiger partial charge in [-0.3, -0.25) is 4.90 Å². The molecule has 1 saturated heterocycles. The molecule has 2 heteroatoms. The molecule has 0 amide bonds. The van der Waals surface area contributed by atoms with Gasteiger partial charge in [0.2, 0.25) is 0 Å². The lowest BCUT2D eigenvalue weighted by Crippen LogP contribution is -2.36. The van der Waals surface area contributed by atoms with E-state index >= 15 is 0 Å². The van der Waals surface area contributed by atoms with Crippen LogP contribution in [-0.2, 0) is 6.42 Å². The topological polar surface area (TPSA) is 3.24 Å². The first-order valence-electron chi connectivity index (χ1n) is 9.62. The molecule has 1 aliphatic rings. The number of unbranched alkanes of at least 4 members (excludes halogenated alkanes) is 6. The van der Waals surface area contributed by atoms with Crippen molar-refractivity contribution in [2.75, 3.05) is 7.05 Å². The summed E-state index contributed by atoms with van der Waals surface area (Å²) in [6, 6.07) is 12.0. The molecule has 130 valence electrons. The minimum atomic E-state index is 0.301. The second kappa shape index (κ2) is 10.4. The van der Waals surface area contributed by atoms with Crippen LogP contribution in [0.15, 0.2) is 30.3 Å². The lowest BCUT2D eigenvalue weighted by Gasteiger charge is -2.26. The van der Waals surface area contributed by atoms with Crippen molar-refractivity contribution in [2.45, 2.75) is 88.6 Å². The molecule has 2 rings (SSSR count). The van der Waals surface area contributed by atoms with Gasteiger partial charge in [0.1, 0.15) is 0 Å². The highest BCUT2D eigenvalue weighted by molar-refractivity contribution is 6.21. The Morgan fingerprint density at radius 2 is 1.65 bits per heavy atom. The number of rotatable bonds is 10. The van der Waals surface area contributed by atoms with Crippen LogP contribution in [0.3, 0.4) is 0 Å². The van der Waals surface area contributed by atoms with Gasteiger partial charge in [-0.2, -0.15) is 0 Å². The Labute approximate surface area is 148 Å². The smallest absolute Gasteiger partial charge is 0.0509 e. The number of hydrogen-bond donors (Lipinski definition) is 0. The molecule has 0 spiro atoms. The lowest BCUT2D eigenvalue weighted by molar-refractivity contribution is 0.227. The molecule has 1 heterocycles. The number of alkyl halides is 1. The summed E-state index contributed by atoms with van der Waals surface area (Å²) in [4.78, 5) is 2.56. The van der Waals surface area contributed by atoms with E-state index in [9.17, 15) is 0 Å². The quantitative estimate of drug-likeness (QED) is 0.371. The number of likely N-dealkylation sites (N-methyl/N-ethyl adjacent to an activating group) is 1. The molecule has 0 bridgehead atoms. The van der Waals surface area contributed by atoms with E-state index in [2.05, 4.69) is 49.2 Å². The van der Waals surface area contributed by atoms with Crippen LogP contribution in [0.1, 0.15) is 70.3 Å². The number of benzene rings is 1. The van der Waals surface area contributed by atoms with Crippen LogP contribution in [0, 0.1) is 0 Å². The van der Waals surface area contributed by atoms with Crippen LogP contribution >= 0.6 is 11.6 Å². The molecule has 1 aliphatic heterocycles. The van der Waals surface area contributed by atoms with Gasteiger partial charge in [-0.05, 0) is 31.9 Å². The molecule has 1 aromatic rings. The van der Waals surface area contributed by atoms with E-state index < -0.39 is 0 Å². The Hall–Kier alpha value is -0.530. The maximum absolute atomic E-state index is 6.67. The predicted octanol–water partition coefficient (Wildman–Crippen LogP) is 6.05. The van der Waals surface area contributed by atoms with Crippen LogP contribution in [0.25, 0.3) is 0 Å². The van der Waals surface area contributed by atoms with E-state index in [1.165, 1.54) is 56.9 Å². The van der Waals surface area contributed by atoms with Crippen molar-refractivity contribution in [3.63, 3.8) is 0 Å². The van der Waals surface area contributed by atoms with Crippen LogP contribution in [0.4, 0.5) is 0 Å². The molecule has 1 nitrogen and oxygen atoms in total. The summed E-state index contributed by atoms with van der Waals surface area (Å²) < 4.78 is 0. The van der Waals surface area contributed by atoms with Gasteiger partial charge in [0.05, 0.1) is 5.38 Å². The number of likely N-dealkylation sites (tertiary alicyclic amines) is 1.